The predicted octanol–water partition coefficient (Wildman–Crippen LogP) is 5.28. The van der Waals surface area contributed by atoms with Gasteiger partial charge in [-0.05, 0) is 46.0 Å². The molecule has 0 aliphatic rings. The summed E-state index contributed by atoms with van der Waals surface area (Å²) in [5.41, 5.74) is 3.62. The first kappa shape index (κ1) is 13.4. The quantitative estimate of drug-likeness (QED) is 0.639. The highest BCUT2D eigenvalue weighted by Gasteiger charge is 2.11. The van der Waals surface area contributed by atoms with Crippen LogP contribution < -0.4 is 0 Å². The minimum absolute atomic E-state index is 0.604. The Morgan fingerprint density at radius 1 is 1.15 bits per heavy atom. The molecule has 0 spiro atoms. The number of pyridine rings is 1. The Hall–Kier alpha value is -1.61. The highest BCUT2D eigenvalue weighted by molar-refractivity contribution is 9.10. The second-order valence-electron chi connectivity index (χ2n) is 5.11. The normalized spacial score (nSPS) is 12.8. The molecule has 2 aromatic heterocycles. The Morgan fingerprint density at radius 2 is 1.90 bits per heavy atom. The molecular formula is C17H17BrN2. The zero-order chi connectivity index (χ0) is 14.1. The van der Waals surface area contributed by atoms with Crippen molar-refractivity contribution in [2.75, 3.05) is 0 Å². The van der Waals surface area contributed by atoms with Crippen LogP contribution in [-0.4, -0.2) is 9.38 Å². The molecule has 2 nitrogen and oxygen atoms in total. The van der Waals surface area contributed by atoms with E-state index in [2.05, 4.69) is 69.5 Å². The van der Waals surface area contributed by atoms with Gasteiger partial charge in [-0.15, -0.1) is 0 Å². The molecule has 0 saturated carbocycles. The molecule has 0 aliphatic carbocycles. The van der Waals surface area contributed by atoms with Gasteiger partial charge in [0.25, 0.3) is 0 Å². The molecule has 1 unspecified atom stereocenters. The molecule has 0 radical (unpaired) electrons. The van der Waals surface area contributed by atoms with Crippen molar-refractivity contribution in [2.24, 2.45) is 0 Å². The molecular weight excluding hydrogens is 312 g/mol. The molecule has 0 amide bonds. The lowest BCUT2D eigenvalue weighted by Crippen LogP contribution is -1.92. The van der Waals surface area contributed by atoms with Gasteiger partial charge < -0.3 is 0 Å². The summed E-state index contributed by atoms with van der Waals surface area (Å²) in [4.78, 5) is 4.63. The van der Waals surface area contributed by atoms with E-state index in [0.29, 0.717) is 5.92 Å². The average Bonchev–Trinajstić information content (AvgIpc) is 2.84. The number of imidazole rings is 1. The number of halogens is 1. The number of hydrogen-bond acceptors (Lipinski definition) is 1. The van der Waals surface area contributed by atoms with Crippen LogP contribution in [0.2, 0.25) is 0 Å². The highest BCUT2D eigenvalue weighted by Crippen LogP contribution is 2.27. The first-order valence-corrected chi connectivity index (χ1v) is 7.73. The number of fused-ring (bicyclic) bond motifs is 1. The van der Waals surface area contributed by atoms with Gasteiger partial charge >= 0.3 is 0 Å². The van der Waals surface area contributed by atoms with Crippen molar-refractivity contribution in [1.29, 1.82) is 0 Å². The fraction of sp³-hybridized carbons (Fsp3) is 0.235. The van der Waals surface area contributed by atoms with Crippen molar-refractivity contribution in [3.05, 3.63) is 58.8 Å². The van der Waals surface area contributed by atoms with Crippen molar-refractivity contribution in [2.45, 2.75) is 26.2 Å². The molecule has 102 valence electrons. The molecule has 3 heteroatoms. The number of aromatic nitrogens is 2. The summed E-state index contributed by atoms with van der Waals surface area (Å²) in [5, 5.41) is 0. The Bertz CT molecular complexity index is 728. The van der Waals surface area contributed by atoms with Crippen LogP contribution in [-0.2, 0) is 0 Å². The van der Waals surface area contributed by atoms with E-state index in [1.54, 1.807) is 0 Å². The maximum atomic E-state index is 4.63. The number of nitrogens with zero attached hydrogens (tertiary/aromatic N) is 2. The number of hydrogen-bond donors (Lipinski definition) is 0. The SMILES string of the molecule is CCC(C)c1ccc(-c2nc(Br)c3ccccn23)cc1. The lowest BCUT2D eigenvalue weighted by atomic mass is 9.97. The van der Waals surface area contributed by atoms with Crippen molar-refractivity contribution in [1.82, 2.24) is 9.38 Å². The minimum Gasteiger partial charge on any atom is -0.299 e. The summed E-state index contributed by atoms with van der Waals surface area (Å²) < 4.78 is 3.00. The van der Waals surface area contributed by atoms with Gasteiger partial charge in [-0.1, -0.05) is 44.2 Å². The number of rotatable bonds is 3. The second-order valence-corrected chi connectivity index (χ2v) is 5.86. The Labute approximate surface area is 127 Å². The fourth-order valence-electron chi connectivity index (χ4n) is 2.40. The van der Waals surface area contributed by atoms with Crippen molar-refractivity contribution in [3.8, 4) is 11.4 Å². The van der Waals surface area contributed by atoms with E-state index in [4.69, 9.17) is 0 Å². The van der Waals surface area contributed by atoms with Crippen LogP contribution in [0, 0.1) is 0 Å². The van der Waals surface area contributed by atoms with Gasteiger partial charge in [0.2, 0.25) is 0 Å². The van der Waals surface area contributed by atoms with Crippen molar-refractivity contribution >= 4 is 21.4 Å². The van der Waals surface area contributed by atoms with E-state index in [1.165, 1.54) is 5.56 Å². The summed E-state index contributed by atoms with van der Waals surface area (Å²) in [5.74, 6) is 1.58. The summed E-state index contributed by atoms with van der Waals surface area (Å²) in [6.07, 6.45) is 3.21. The van der Waals surface area contributed by atoms with Gasteiger partial charge in [-0.3, -0.25) is 4.40 Å². The van der Waals surface area contributed by atoms with Crippen LogP contribution in [0.15, 0.2) is 53.3 Å². The standard InChI is InChI=1S/C17H17BrN2/c1-3-12(2)13-7-9-14(10-8-13)17-19-16(18)15-6-4-5-11-20(15)17/h4-12H,3H2,1-2H3. The summed E-state index contributed by atoms with van der Waals surface area (Å²) in [7, 11) is 0. The third kappa shape index (κ3) is 2.27. The molecule has 0 bridgehead atoms. The Kier molecular flexibility index (Phi) is 3.62. The van der Waals surface area contributed by atoms with E-state index in [-0.39, 0.29) is 0 Å². The molecule has 2 heterocycles. The lowest BCUT2D eigenvalue weighted by Gasteiger charge is -2.09. The highest BCUT2D eigenvalue weighted by atomic mass is 79.9. The first-order chi connectivity index (χ1) is 9.70. The summed E-state index contributed by atoms with van der Waals surface area (Å²) in [6.45, 7) is 4.48. The van der Waals surface area contributed by atoms with Gasteiger partial charge in [0.05, 0.1) is 5.52 Å². The van der Waals surface area contributed by atoms with E-state index < -0.39 is 0 Å². The molecule has 0 fully saturated rings. The molecule has 0 aliphatic heterocycles. The molecule has 0 N–H and O–H groups in total. The smallest absolute Gasteiger partial charge is 0.145 e. The molecule has 3 aromatic rings. The van der Waals surface area contributed by atoms with Gasteiger partial charge in [0, 0.05) is 11.8 Å². The van der Waals surface area contributed by atoms with Crippen LogP contribution in [0.3, 0.4) is 0 Å². The van der Waals surface area contributed by atoms with E-state index in [1.807, 2.05) is 18.3 Å². The first-order valence-electron chi connectivity index (χ1n) is 6.93. The van der Waals surface area contributed by atoms with Crippen molar-refractivity contribution < 1.29 is 0 Å². The van der Waals surface area contributed by atoms with E-state index >= 15 is 0 Å². The summed E-state index contributed by atoms with van der Waals surface area (Å²) in [6, 6.07) is 14.9. The molecule has 20 heavy (non-hydrogen) atoms. The molecule has 1 aromatic carbocycles. The average molecular weight is 329 g/mol. The fourth-order valence-corrected chi connectivity index (χ4v) is 2.89. The minimum atomic E-state index is 0.604. The zero-order valence-electron chi connectivity index (χ0n) is 11.7. The molecule has 0 saturated heterocycles. The lowest BCUT2D eigenvalue weighted by molar-refractivity contribution is 0.734. The predicted molar refractivity (Wildman–Crippen MR) is 87.0 cm³/mol. The summed E-state index contributed by atoms with van der Waals surface area (Å²) >= 11 is 3.53. The van der Waals surface area contributed by atoms with Crippen LogP contribution >= 0.6 is 15.9 Å². The van der Waals surface area contributed by atoms with E-state index in [9.17, 15) is 0 Å². The third-order valence-corrected chi connectivity index (χ3v) is 4.44. The van der Waals surface area contributed by atoms with Gasteiger partial charge in [0.15, 0.2) is 0 Å². The largest absolute Gasteiger partial charge is 0.299 e. The van der Waals surface area contributed by atoms with Gasteiger partial charge in [0.1, 0.15) is 10.4 Å². The van der Waals surface area contributed by atoms with E-state index in [0.717, 1.165) is 27.9 Å². The molecule has 1 atom stereocenters. The maximum absolute atomic E-state index is 4.63. The second kappa shape index (κ2) is 5.41. The molecule has 3 rings (SSSR count). The number of benzene rings is 1. The maximum Gasteiger partial charge on any atom is 0.145 e. The Morgan fingerprint density at radius 3 is 2.60 bits per heavy atom. The van der Waals surface area contributed by atoms with Crippen LogP contribution in [0.1, 0.15) is 31.7 Å². The monoisotopic (exact) mass is 328 g/mol. The van der Waals surface area contributed by atoms with Crippen molar-refractivity contribution in [3.63, 3.8) is 0 Å². The van der Waals surface area contributed by atoms with Crippen LogP contribution in [0.25, 0.3) is 16.9 Å². The Balaban J connectivity index is 2.07. The van der Waals surface area contributed by atoms with Gasteiger partial charge in [-0.2, -0.15) is 0 Å². The van der Waals surface area contributed by atoms with Gasteiger partial charge in [-0.25, -0.2) is 4.98 Å². The third-order valence-electron chi connectivity index (χ3n) is 3.85. The topological polar surface area (TPSA) is 17.3 Å². The van der Waals surface area contributed by atoms with Crippen LogP contribution in [0.4, 0.5) is 0 Å². The zero-order valence-corrected chi connectivity index (χ0v) is 13.3. The van der Waals surface area contributed by atoms with Crippen LogP contribution in [0.5, 0.6) is 0 Å².